The molecule has 0 bridgehead atoms. The monoisotopic (exact) mass is 512 g/mol. The van der Waals surface area contributed by atoms with Crippen molar-refractivity contribution >= 4 is 30.2 Å². The van der Waals surface area contributed by atoms with E-state index in [0.717, 1.165) is 12.1 Å². The molecular weight excluding hydrogens is 492 g/mol. The minimum absolute atomic E-state index is 0.0278. The van der Waals surface area contributed by atoms with Gasteiger partial charge < -0.3 is 38.4 Å². The molecule has 0 amide bonds. The van der Waals surface area contributed by atoms with Gasteiger partial charge in [-0.2, -0.15) is 0 Å². The molecule has 4 N–H and O–H groups in total. The summed E-state index contributed by atoms with van der Waals surface area (Å²) in [5.41, 5.74) is 0. The number of rotatable bonds is 8. The Kier molecular flexibility index (Phi) is 14.2. The fraction of sp³-hybridized carbons (Fsp3) is 0.190. The maximum Gasteiger partial charge on any atom is 0.371 e. The van der Waals surface area contributed by atoms with Crippen LogP contribution in [0, 0.1) is 9.93 Å². The molecule has 0 spiro atoms. The summed E-state index contributed by atoms with van der Waals surface area (Å²) < 4.78 is 18.8. The number of aldehydes is 1. The van der Waals surface area contributed by atoms with Crippen molar-refractivity contribution in [2.75, 3.05) is 0 Å². The number of ether oxygens (including phenoxy) is 1. The van der Waals surface area contributed by atoms with Gasteiger partial charge >= 0.3 is 23.9 Å². The lowest BCUT2D eigenvalue weighted by molar-refractivity contribution is -0.145. The quantitative estimate of drug-likeness (QED) is 0.250. The lowest BCUT2D eigenvalue weighted by Gasteiger charge is -1.98. The minimum atomic E-state index is -1.28. The molecule has 194 valence electrons. The van der Waals surface area contributed by atoms with Crippen LogP contribution in [0.5, 0.6) is 0 Å². The third-order valence-corrected chi connectivity index (χ3v) is 3.52. The lowest BCUT2D eigenvalue weighted by Crippen LogP contribution is -2.01. The third kappa shape index (κ3) is 11.2. The first-order valence-corrected chi connectivity index (χ1v) is 9.46. The van der Waals surface area contributed by atoms with Crippen LogP contribution in [0.2, 0.25) is 0 Å². The minimum Gasteiger partial charge on any atom is -0.475 e. The number of carboxylic acid groups (broad SMARTS) is 3. The zero-order valence-electron chi connectivity index (χ0n) is 18.4. The molecule has 3 aromatic rings. The zero-order valence-corrected chi connectivity index (χ0v) is 18.4. The fourth-order valence-electron chi connectivity index (χ4n) is 1.93. The summed E-state index contributed by atoms with van der Waals surface area (Å²) >= 11 is 0. The summed E-state index contributed by atoms with van der Waals surface area (Å²) in [6, 6.07) is 8.03. The molecule has 3 aromatic heterocycles. The van der Waals surface area contributed by atoms with Crippen molar-refractivity contribution in [2.24, 2.45) is 0 Å². The molecule has 0 aliphatic carbocycles. The molecule has 0 aliphatic heterocycles. The predicted octanol–water partition coefficient (Wildman–Crippen LogP) is 2.76. The van der Waals surface area contributed by atoms with E-state index in [2.05, 4.69) is 4.42 Å². The molecule has 0 saturated heterocycles. The first kappa shape index (κ1) is 30.9. The van der Waals surface area contributed by atoms with Gasteiger partial charge in [0.05, 0.1) is 0 Å². The van der Waals surface area contributed by atoms with Gasteiger partial charge in [-0.05, 0) is 36.4 Å². The predicted molar refractivity (Wildman–Crippen MR) is 115 cm³/mol. The summed E-state index contributed by atoms with van der Waals surface area (Å²) in [5, 5.41) is 33.5. The second kappa shape index (κ2) is 16.5. The highest BCUT2D eigenvalue weighted by Crippen LogP contribution is 2.09. The fourth-order valence-corrected chi connectivity index (χ4v) is 1.93. The van der Waals surface area contributed by atoms with Crippen LogP contribution in [-0.2, 0) is 22.7 Å². The Morgan fingerprint density at radius 1 is 0.778 bits per heavy atom. The number of aliphatic hydroxyl groups excluding tert-OH is 1. The van der Waals surface area contributed by atoms with E-state index in [9.17, 15) is 24.0 Å². The number of carbonyl (C=O) groups excluding carboxylic acids is 2. The van der Waals surface area contributed by atoms with E-state index in [0.29, 0.717) is 17.8 Å². The van der Waals surface area contributed by atoms with E-state index in [1.165, 1.54) is 18.2 Å². The Labute approximate surface area is 200 Å². The van der Waals surface area contributed by atoms with Gasteiger partial charge in [0, 0.05) is 16.4 Å². The van der Waals surface area contributed by atoms with Crippen LogP contribution < -0.4 is 0 Å². The summed E-state index contributed by atoms with van der Waals surface area (Å²) in [6.45, 7) is 1.49. The van der Waals surface area contributed by atoms with Gasteiger partial charge in [0.2, 0.25) is 17.3 Å². The van der Waals surface area contributed by atoms with E-state index in [1.807, 2.05) is 0 Å². The maximum atomic E-state index is 10.7. The SMILES string of the molecule is CCC(=O)OCc1ccc(C(=O)O)o1.O=C(O)c1ccc(C(=O)O)o1.O=Cc1ccc(CO)o1.O=O. The van der Waals surface area contributed by atoms with Gasteiger partial charge in [0.1, 0.15) is 24.7 Å². The molecule has 0 radical (unpaired) electrons. The van der Waals surface area contributed by atoms with Crippen molar-refractivity contribution in [3.63, 3.8) is 0 Å². The number of esters is 1. The van der Waals surface area contributed by atoms with Crippen LogP contribution in [0.25, 0.3) is 0 Å². The Hall–Kier alpha value is -5.05. The molecule has 36 heavy (non-hydrogen) atoms. The highest BCUT2D eigenvalue weighted by atomic mass is 16.7. The molecule has 15 nitrogen and oxygen atoms in total. The molecule has 0 fully saturated rings. The zero-order chi connectivity index (χ0) is 27.7. The molecule has 0 unspecified atom stereocenters. The molecule has 3 rings (SSSR count). The third-order valence-electron chi connectivity index (χ3n) is 3.52. The Balaban J connectivity index is 0.000000504. The van der Waals surface area contributed by atoms with E-state index < -0.39 is 17.9 Å². The standard InChI is InChI=1S/C9H10O5.C6H4O5.C6H6O3.O2/c1-2-8(10)13-5-6-3-4-7(14-6)9(11)12;7-5(8)3-1-2-4(11-3)6(9)10;7-3-5-1-2-6(4-8)9-5;1-2/h3-4H,2,5H2,1H3,(H,11,12);1-2H,(H,7,8)(H,9,10);1-3,8H,4H2;. The Morgan fingerprint density at radius 2 is 1.25 bits per heavy atom. The number of hydrogen-bond acceptors (Lipinski definition) is 12. The summed E-state index contributed by atoms with van der Waals surface area (Å²) in [5.74, 6) is -3.97. The molecule has 0 atom stereocenters. The van der Waals surface area contributed by atoms with Crippen molar-refractivity contribution in [3.8, 4) is 0 Å². The molecule has 3 heterocycles. The molecule has 15 heteroatoms. The van der Waals surface area contributed by atoms with E-state index in [-0.39, 0.29) is 48.6 Å². The maximum absolute atomic E-state index is 10.7. The van der Waals surface area contributed by atoms with Crippen molar-refractivity contribution in [1.29, 1.82) is 0 Å². The van der Waals surface area contributed by atoms with E-state index in [1.54, 1.807) is 13.0 Å². The average molecular weight is 512 g/mol. The normalized spacial score (nSPS) is 9.17. The number of aromatic carboxylic acids is 3. The van der Waals surface area contributed by atoms with Crippen LogP contribution in [-0.4, -0.2) is 50.6 Å². The van der Waals surface area contributed by atoms with E-state index >= 15 is 0 Å². The van der Waals surface area contributed by atoms with Gasteiger partial charge in [-0.25, -0.2) is 14.4 Å². The van der Waals surface area contributed by atoms with Gasteiger partial charge in [-0.15, -0.1) is 0 Å². The van der Waals surface area contributed by atoms with Crippen molar-refractivity contribution < 1.29 is 62.4 Å². The van der Waals surface area contributed by atoms with Gasteiger partial charge in [0.25, 0.3) is 0 Å². The highest BCUT2D eigenvalue weighted by molar-refractivity contribution is 5.89. The Morgan fingerprint density at radius 3 is 1.58 bits per heavy atom. The van der Waals surface area contributed by atoms with Gasteiger partial charge in [-0.1, -0.05) is 6.92 Å². The molecular formula is C21H20O15. The van der Waals surface area contributed by atoms with Crippen molar-refractivity contribution in [3.05, 3.63) is 80.9 Å². The van der Waals surface area contributed by atoms with Crippen LogP contribution in [0.3, 0.4) is 0 Å². The number of carboxylic acids is 3. The second-order valence-corrected chi connectivity index (χ2v) is 5.94. The van der Waals surface area contributed by atoms with Crippen molar-refractivity contribution in [2.45, 2.75) is 26.6 Å². The van der Waals surface area contributed by atoms with Gasteiger partial charge in [0.15, 0.2) is 12.0 Å². The van der Waals surface area contributed by atoms with Crippen LogP contribution in [0.15, 0.2) is 49.6 Å². The average Bonchev–Trinajstić information content (AvgIpc) is 3.64. The molecule has 0 aliphatic rings. The highest BCUT2D eigenvalue weighted by Gasteiger charge is 2.13. The largest absolute Gasteiger partial charge is 0.475 e. The number of hydrogen-bond donors (Lipinski definition) is 4. The molecule has 0 aromatic carbocycles. The summed E-state index contributed by atoms with van der Waals surface area (Å²) in [7, 11) is 0. The summed E-state index contributed by atoms with van der Waals surface area (Å²) in [4.78, 5) is 65.4. The Bertz CT molecular complexity index is 1110. The topological polar surface area (TPSA) is 249 Å². The number of furan rings is 3. The lowest BCUT2D eigenvalue weighted by atomic mass is 10.4. The van der Waals surface area contributed by atoms with E-state index in [4.69, 9.17) is 43.9 Å². The summed E-state index contributed by atoms with van der Waals surface area (Å²) in [6.07, 6.45) is 0.881. The van der Waals surface area contributed by atoms with Crippen LogP contribution >= 0.6 is 0 Å². The first-order chi connectivity index (χ1) is 17.1. The number of aliphatic hydroxyl groups is 1. The second-order valence-electron chi connectivity index (χ2n) is 5.94. The van der Waals surface area contributed by atoms with Crippen LogP contribution in [0.4, 0.5) is 0 Å². The number of carbonyl (C=O) groups is 5. The first-order valence-electron chi connectivity index (χ1n) is 9.46. The molecule has 0 saturated carbocycles. The van der Waals surface area contributed by atoms with Gasteiger partial charge in [-0.3, -0.25) is 9.59 Å². The smallest absolute Gasteiger partial charge is 0.371 e. The van der Waals surface area contributed by atoms with Crippen molar-refractivity contribution in [1.82, 2.24) is 0 Å². The van der Waals surface area contributed by atoms with Crippen LogP contribution in [0.1, 0.15) is 67.1 Å².